The first-order valence-corrected chi connectivity index (χ1v) is 29.2. The van der Waals surface area contributed by atoms with Gasteiger partial charge in [-0.25, -0.2) is 0 Å². The van der Waals surface area contributed by atoms with E-state index in [1.807, 2.05) is 0 Å². The Morgan fingerprint density at radius 3 is 1.35 bits per heavy atom. The first-order valence-electron chi connectivity index (χ1n) is 29.2. The number of rotatable bonds is 18. The van der Waals surface area contributed by atoms with Crippen molar-refractivity contribution in [2.45, 2.75) is 119 Å². The van der Waals surface area contributed by atoms with Crippen LogP contribution in [0.2, 0.25) is 0 Å². The molecule has 0 radical (unpaired) electrons. The van der Waals surface area contributed by atoms with Crippen molar-refractivity contribution in [3.8, 4) is 33.8 Å². The number of fused-ring (bicyclic) bond motifs is 10. The Morgan fingerprint density at radius 2 is 0.887 bits per heavy atom. The first-order chi connectivity index (χ1) is 38.8. The molecule has 6 aliphatic rings. The molecule has 0 aromatic heterocycles. The molecule has 4 aliphatic carbocycles. The molecule has 7 heteroatoms. The highest BCUT2D eigenvalue weighted by molar-refractivity contribution is 5.84. The third kappa shape index (κ3) is 8.83. The van der Waals surface area contributed by atoms with E-state index in [0.717, 1.165) is 55.8 Å². The van der Waals surface area contributed by atoms with Crippen LogP contribution in [-0.4, -0.2) is 63.1 Å². The minimum absolute atomic E-state index is 0.101. The zero-order valence-corrected chi connectivity index (χ0v) is 47.0. The molecular formula is C73H72O7. The smallest absolute Gasteiger partial charge is 0.119 e. The number of aliphatic hydroxyl groups excluding tert-OH is 1. The van der Waals surface area contributed by atoms with E-state index in [1.54, 1.807) is 0 Å². The van der Waals surface area contributed by atoms with Crippen molar-refractivity contribution in [1.29, 1.82) is 0 Å². The van der Waals surface area contributed by atoms with Crippen LogP contribution in [-0.2, 0) is 53.8 Å². The predicted molar refractivity (Wildman–Crippen MR) is 315 cm³/mol. The largest absolute Gasteiger partial charge is 0.491 e. The Kier molecular flexibility index (Phi) is 12.6. The zero-order valence-electron chi connectivity index (χ0n) is 47.0. The molecule has 7 nitrogen and oxygen atoms in total. The number of epoxide rings is 2. The molecule has 1 N–H and O–H groups in total. The summed E-state index contributed by atoms with van der Waals surface area (Å²) in [6.07, 6.45) is 3.41. The molecule has 8 aromatic rings. The number of hydrogen-bond donors (Lipinski definition) is 1. The van der Waals surface area contributed by atoms with Crippen LogP contribution in [0.4, 0.5) is 0 Å². The van der Waals surface area contributed by atoms with Crippen LogP contribution in [0, 0.1) is 0 Å². The van der Waals surface area contributed by atoms with Crippen LogP contribution < -0.4 is 9.47 Å². The summed E-state index contributed by atoms with van der Waals surface area (Å²) in [6, 6.07) is 63.1. The average Bonchev–Trinajstić information content (AvgIpc) is 4.48. The second-order valence-electron chi connectivity index (χ2n) is 24.8. The fourth-order valence-corrected chi connectivity index (χ4v) is 14.6. The van der Waals surface area contributed by atoms with E-state index in [4.69, 9.17) is 28.4 Å². The first kappa shape index (κ1) is 51.3. The summed E-state index contributed by atoms with van der Waals surface area (Å²) in [5, 5.41) is 11.5. The second-order valence-corrected chi connectivity index (χ2v) is 24.8. The van der Waals surface area contributed by atoms with E-state index in [-0.39, 0.29) is 36.3 Å². The molecule has 8 aromatic carbocycles. The number of hydrogen-bond acceptors (Lipinski definition) is 7. The van der Waals surface area contributed by atoms with Crippen LogP contribution in [0.1, 0.15) is 144 Å². The molecule has 14 rings (SSSR count). The van der Waals surface area contributed by atoms with Gasteiger partial charge in [-0.1, -0.05) is 159 Å². The number of ether oxygens (including phenoxy) is 6. The minimum Gasteiger partial charge on any atom is -0.491 e. The summed E-state index contributed by atoms with van der Waals surface area (Å²) in [7, 11) is 0. The van der Waals surface area contributed by atoms with Crippen molar-refractivity contribution in [2.75, 3.05) is 39.6 Å². The molecule has 0 saturated carbocycles. The van der Waals surface area contributed by atoms with E-state index in [1.165, 1.54) is 89.0 Å². The van der Waals surface area contributed by atoms with Crippen molar-refractivity contribution in [3.05, 3.63) is 248 Å². The van der Waals surface area contributed by atoms with Gasteiger partial charge >= 0.3 is 0 Å². The second kappa shape index (κ2) is 19.7. The highest BCUT2D eigenvalue weighted by Crippen LogP contribution is 2.60. The van der Waals surface area contributed by atoms with E-state index in [0.29, 0.717) is 30.8 Å². The van der Waals surface area contributed by atoms with Gasteiger partial charge in [0.1, 0.15) is 43.0 Å². The summed E-state index contributed by atoms with van der Waals surface area (Å²) < 4.78 is 36.4. The minimum atomic E-state index is -0.842. The standard InChI is InChI=1S/C73H72O7/c1-45-37-72(54-23-19-52(20-24-54)71(5,6)80-44-61-43-78-61,64-33-15-49-35-47-11-7-9-13-62(47)68(49)66(45)64)55-25-29-58(30-26-55)75-39-57(74)40-79-70(3,4)51-17-21-53(22-18-51)73(56-27-31-59(32-28-56)76-41-60-42-77-60)38-46(2)67-65(73)34-16-50-36-48-12-8-10-14-63(48)69(50)67/h7-34,45-46,57,60-61,74H,35-44H2,1-6H3. The predicted octanol–water partition coefficient (Wildman–Crippen LogP) is 14.6. The molecule has 406 valence electrons. The fourth-order valence-electron chi connectivity index (χ4n) is 14.6. The van der Waals surface area contributed by atoms with Crippen LogP contribution in [0.3, 0.4) is 0 Å². The van der Waals surface area contributed by atoms with Gasteiger partial charge in [-0.2, -0.15) is 0 Å². The third-order valence-electron chi connectivity index (χ3n) is 18.9. The highest BCUT2D eigenvalue weighted by Gasteiger charge is 2.49. The van der Waals surface area contributed by atoms with Crippen molar-refractivity contribution < 1.29 is 33.5 Å². The van der Waals surface area contributed by atoms with Gasteiger partial charge < -0.3 is 33.5 Å². The van der Waals surface area contributed by atoms with Crippen molar-refractivity contribution in [2.24, 2.45) is 0 Å². The normalized spacial score (nSPS) is 23.1. The van der Waals surface area contributed by atoms with Crippen molar-refractivity contribution >= 4 is 0 Å². The number of aliphatic hydroxyl groups is 1. The van der Waals surface area contributed by atoms with Crippen LogP contribution in [0.5, 0.6) is 11.5 Å². The van der Waals surface area contributed by atoms with Gasteiger partial charge in [-0.05, 0) is 190 Å². The molecule has 7 atom stereocenters. The molecule has 7 unspecified atom stereocenters. The van der Waals surface area contributed by atoms with Gasteiger partial charge in [0, 0.05) is 10.8 Å². The van der Waals surface area contributed by atoms with Crippen LogP contribution >= 0.6 is 0 Å². The molecule has 0 bridgehead atoms. The molecule has 2 saturated heterocycles. The molecule has 80 heavy (non-hydrogen) atoms. The molecular weight excluding hydrogens is 989 g/mol. The summed E-state index contributed by atoms with van der Waals surface area (Å²) >= 11 is 0. The molecule has 0 spiro atoms. The quantitative estimate of drug-likeness (QED) is 0.0857. The molecule has 2 fully saturated rings. The molecule has 2 heterocycles. The Morgan fingerprint density at radius 1 is 0.475 bits per heavy atom. The lowest BCUT2D eigenvalue weighted by atomic mass is 9.69. The lowest BCUT2D eigenvalue weighted by molar-refractivity contribution is -0.0717. The van der Waals surface area contributed by atoms with Gasteiger partial charge in [-0.3, -0.25) is 0 Å². The SMILES string of the molecule is CC1CC(c2ccc(OCC3CO3)cc2)(c2ccc(C(C)(C)OCC(O)COc3ccc(C4(c5ccc(C(C)(C)OCC6CO6)cc5)CC(C)c5c4ccc4c5-c5ccccc5C4)cc3)cc2)c2ccc3c(c21)-c1ccccc1C3. The topological polar surface area (TPSA) is 82.2 Å². The monoisotopic (exact) mass is 1060 g/mol. The summed E-state index contributed by atoms with van der Waals surface area (Å²) in [6.45, 7) is 16.2. The molecule has 2 aliphatic heterocycles. The summed E-state index contributed by atoms with van der Waals surface area (Å²) in [5.41, 5.74) is 22.2. The van der Waals surface area contributed by atoms with Crippen molar-refractivity contribution in [1.82, 2.24) is 0 Å². The summed E-state index contributed by atoms with van der Waals surface area (Å²) in [5.74, 6) is 2.25. The molecule has 0 amide bonds. The Balaban J connectivity index is 0.694. The van der Waals surface area contributed by atoms with Gasteiger partial charge in [0.2, 0.25) is 0 Å². The maximum absolute atomic E-state index is 11.5. The fraction of sp³-hybridized carbons (Fsp3) is 0.342. The highest BCUT2D eigenvalue weighted by atomic mass is 16.6. The lowest BCUT2D eigenvalue weighted by Gasteiger charge is -2.34. The maximum atomic E-state index is 11.5. The van der Waals surface area contributed by atoms with Gasteiger partial charge in [0.15, 0.2) is 0 Å². The van der Waals surface area contributed by atoms with E-state index in [2.05, 4.69) is 211 Å². The third-order valence-corrected chi connectivity index (χ3v) is 18.9. The number of benzene rings is 8. The zero-order chi connectivity index (χ0) is 54.5. The van der Waals surface area contributed by atoms with E-state index in [9.17, 15) is 5.11 Å². The van der Waals surface area contributed by atoms with Gasteiger partial charge in [0.25, 0.3) is 0 Å². The van der Waals surface area contributed by atoms with Gasteiger partial charge in [-0.15, -0.1) is 0 Å². The van der Waals surface area contributed by atoms with E-state index >= 15 is 0 Å². The van der Waals surface area contributed by atoms with Crippen LogP contribution in [0.15, 0.2) is 170 Å². The lowest BCUT2D eigenvalue weighted by Crippen LogP contribution is -2.31. The van der Waals surface area contributed by atoms with Crippen molar-refractivity contribution in [3.63, 3.8) is 0 Å². The van der Waals surface area contributed by atoms with Crippen LogP contribution in [0.25, 0.3) is 22.3 Å². The maximum Gasteiger partial charge on any atom is 0.119 e. The summed E-state index contributed by atoms with van der Waals surface area (Å²) in [4.78, 5) is 0. The van der Waals surface area contributed by atoms with Gasteiger partial charge in [0.05, 0.1) is 37.6 Å². The Bertz CT molecular complexity index is 3630. The average molecular weight is 1060 g/mol. The Hall–Kier alpha value is -6.84. The Labute approximate surface area is 471 Å². The van der Waals surface area contributed by atoms with E-state index < -0.39 is 17.3 Å².